The molecule has 11 heavy (non-hydrogen) atoms. The Kier molecular flexibility index (Phi) is 2.34. The van der Waals surface area contributed by atoms with Gasteiger partial charge in [0.15, 0.2) is 0 Å². The lowest BCUT2D eigenvalue weighted by molar-refractivity contribution is -0.155. The highest BCUT2D eigenvalue weighted by Gasteiger charge is 2.36. The van der Waals surface area contributed by atoms with Gasteiger partial charge in [-0.1, -0.05) is 0 Å². The summed E-state index contributed by atoms with van der Waals surface area (Å²) in [5.74, 6) is -1.39. The third-order valence-corrected chi connectivity index (χ3v) is 1.97. The van der Waals surface area contributed by atoms with Crippen LogP contribution in [0.15, 0.2) is 0 Å². The van der Waals surface area contributed by atoms with Crippen LogP contribution >= 0.6 is 11.6 Å². The van der Waals surface area contributed by atoms with Gasteiger partial charge in [-0.3, -0.25) is 4.79 Å². The second-order valence-electron chi connectivity index (χ2n) is 2.36. The molecule has 1 aliphatic heterocycles. The summed E-state index contributed by atoms with van der Waals surface area (Å²) in [6, 6.07) is -0.638. The van der Waals surface area contributed by atoms with Crippen molar-refractivity contribution in [1.29, 1.82) is 0 Å². The smallest absolute Gasteiger partial charge is 0.326 e. The van der Waals surface area contributed by atoms with Crippen molar-refractivity contribution in [3.8, 4) is 0 Å². The molecule has 1 fully saturated rings. The lowest BCUT2D eigenvalue weighted by Gasteiger charge is -2.37. The fraction of sp³-hybridized carbons (Fsp3) is 0.667. The zero-order chi connectivity index (χ0) is 8.43. The molecule has 0 spiro atoms. The number of hydrogen-bond donors (Lipinski definition) is 1. The van der Waals surface area contributed by atoms with Crippen molar-refractivity contribution < 1.29 is 14.7 Å². The highest BCUT2D eigenvalue weighted by Crippen LogP contribution is 2.17. The van der Waals surface area contributed by atoms with Crippen molar-refractivity contribution in [2.24, 2.45) is 0 Å². The van der Waals surface area contributed by atoms with E-state index in [4.69, 9.17) is 16.7 Å². The Balaban J connectivity index is 2.49. The van der Waals surface area contributed by atoms with Gasteiger partial charge in [-0.25, -0.2) is 4.79 Å². The summed E-state index contributed by atoms with van der Waals surface area (Å²) in [7, 11) is 0. The number of halogens is 1. The molecule has 0 radical (unpaired) electrons. The molecule has 0 bridgehead atoms. The largest absolute Gasteiger partial charge is 0.480 e. The van der Waals surface area contributed by atoms with Gasteiger partial charge in [0.05, 0.1) is 0 Å². The molecule has 1 saturated heterocycles. The van der Waals surface area contributed by atoms with Crippen LogP contribution in [0, 0.1) is 0 Å². The highest BCUT2D eigenvalue weighted by atomic mass is 35.5. The first-order chi connectivity index (χ1) is 5.16. The summed E-state index contributed by atoms with van der Waals surface area (Å²) in [4.78, 5) is 22.5. The van der Waals surface area contributed by atoms with Gasteiger partial charge in [0.25, 0.3) is 0 Å². The average molecular weight is 178 g/mol. The number of amides is 1. The molecule has 1 aliphatic rings. The Morgan fingerprint density at radius 1 is 1.64 bits per heavy atom. The Morgan fingerprint density at radius 3 is 2.55 bits per heavy atom. The molecule has 1 atom stereocenters. The molecule has 0 aromatic carbocycles. The molecule has 0 aliphatic carbocycles. The molecule has 62 valence electrons. The van der Waals surface area contributed by atoms with Crippen LogP contribution in [0.2, 0.25) is 0 Å². The topological polar surface area (TPSA) is 57.6 Å². The predicted octanol–water partition coefficient (Wildman–Crippen LogP) is -0.0893. The summed E-state index contributed by atoms with van der Waals surface area (Å²) in [5, 5.41) is 8.51. The summed E-state index contributed by atoms with van der Waals surface area (Å²) in [6.07, 6.45) is 0.540. The molecule has 0 aromatic rings. The molecule has 4 nitrogen and oxygen atoms in total. The van der Waals surface area contributed by atoms with Crippen LogP contribution in [0.5, 0.6) is 0 Å². The second-order valence-corrected chi connectivity index (χ2v) is 2.63. The van der Waals surface area contributed by atoms with Crippen molar-refractivity contribution in [1.82, 2.24) is 4.90 Å². The first-order valence-electron chi connectivity index (χ1n) is 3.25. The molecular weight excluding hydrogens is 170 g/mol. The Labute approximate surface area is 68.7 Å². The number of rotatable bonds is 2. The molecule has 1 rings (SSSR count). The average Bonchev–Trinajstić information content (AvgIpc) is 1.83. The van der Waals surface area contributed by atoms with E-state index in [9.17, 15) is 9.59 Å². The molecule has 1 N–H and O–H groups in total. The third kappa shape index (κ3) is 1.45. The van der Waals surface area contributed by atoms with E-state index in [0.29, 0.717) is 13.0 Å². The Hall–Kier alpha value is -0.770. The number of nitrogens with zero attached hydrogens (tertiary/aromatic N) is 1. The van der Waals surface area contributed by atoms with Gasteiger partial charge in [0.1, 0.15) is 11.9 Å². The van der Waals surface area contributed by atoms with Crippen molar-refractivity contribution in [3.05, 3.63) is 0 Å². The van der Waals surface area contributed by atoms with Gasteiger partial charge >= 0.3 is 5.97 Å². The molecule has 0 unspecified atom stereocenters. The second kappa shape index (κ2) is 3.09. The normalized spacial score (nSPS) is 22.6. The van der Waals surface area contributed by atoms with Gasteiger partial charge in [-0.05, 0) is 6.42 Å². The van der Waals surface area contributed by atoms with Crippen molar-refractivity contribution >= 4 is 23.5 Å². The summed E-state index contributed by atoms with van der Waals surface area (Å²) >= 11 is 5.25. The molecule has 1 heterocycles. The number of hydrogen-bond acceptors (Lipinski definition) is 2. The molecule has 0 aromatic heterocycles. The van der Waals surface area contributed by atoms with E-state index < -0.39 is 12.0 Å². The number of carboxylic acids is 1. The SMILES string of the molecule is O=C(O)[C@H]1CCN1C(=O)CCl. The van der Waals surface area contributed by atoms with Gasteiger partial charge in [-0.15, -0.1) is 11.6 Å². The standard InChI is InChI=1S/C6H8ClNO3/c7-3-5(9)8-2-1-4(8)6(10)11/h4H,1-3H2,(H,10,11)/t4-/m1/s1. The summed E-state index contributed by atoms with van der Waals surface area (Å²) in [6.45, 7) is 0.516. The molecule has 0 saturated carbocycles. The van der Waals surface area contributed by atoms with E-state index in [1.54, 1.807) is 0 Å². The fourth-order valence-electron chi connectivity index (χ4n) is 1.02. The maximum atomic E-state index is 10.8. The lowest BCUT2D eigenvalue weighted by Crippen LogP contribution is -2.55. The predicted molar refractivity (Wildman–Crippen MR) is 38.5 cm³/mol. The maximum Gasteiger partial charge on any atom is 0.326 e. The van der Waals surface area contributed by atoms with Crippen molar-refractivity contribution in [3.63, 3.8) is 0 Å². The maximum absolute atomic E-state index is 10.8. The lowest BCUT2D eigenvalue weighted by atomic mass is 10.0. The molecule has 5 heteroatoms. The highest BCUT2D eigenvalue weighted by molar-refractivity contribution is 6.27. The van der Waals surface area contributed by atoms with E-state index in [-0.39, 0.29) is 11.8 Å². The van der Waals surface area contributed by atoms with E-state index in [1.165, 1.54) is 4.90 Å². The van der Waals surface area contributed by atoms with Gasteiger partial charge in [0.2, 0.25) is 5.91 Å². The summed E-state index contributed by atoms with van der Waals surface area (Å²) in [5.41, 5.74) is 0. The molecule has 1 amide bonds. The monoisotopic (exact) mass is 177 g/mol. The first kappa shape index (κ1) is 8.33. The Bertz CT molecular complexity index is 194. The number of alkyl halides is 1. The van der Waals surface area contributed by atoms with Crippen LogP contribution < -0.4 is 0 Å². The van der Waals surface area contributed by atoms with E-state index in [2.05, 4.69) is 0 Å². The molecular formula is C6H8ClNO3. The van der Waals surface area contributed by atoms with Crippen LogP contribution in [0.3, 0.4) is 0 Å². The number of carbonyl (C=O) groups is 2. The third-order valence-electron chi connectivity index (χ3n) is 1.74. The Morgan fingerprint density at radius 2 is 2.27 bits per heavy atom. The van der Waals surface area contributed by atoms with E-state index in [0.717, 1.165) is 0 Å². The zero-order valence-electron chi connectivity index (χ0n) is 5.79. The fourth-order valence-corrected chi connectivity index (χ4v) is 1.17. The van der Waals surface area contributed by atoms with Crippen molar-refractivity contribution in [2.45, 2.75) is 12.5 Å². The van der Waals surface area contributed by atoms with Crippen LogP contribution in [-0.4, -0.2) is 40.3 Å². The van der Waals surface area contributed by atoms with Gasteiger partial charge in [0, 0.05) is 6.54 Å². The van der Waals surface area contributed by atoms with Crippen LogP contribution in [0.25, 0.3) is 0 Å². The van der Waals surface area contributed by atoms with E-state index >= 15 is 0 Å². The number of likely N-dealkylation sites (tertiary alicyclic amines) is 1. The van der Waals surface area contributed by atoms with Gasteiger partial charge < -0.3 is 10.0 Å². The minimum Gasteiger partial charge on any atom is -0.480 e. The minimum absolute atomic E-state index is 0.135. The van der Waals surface area contributed by atoms with Crippen LogP contribution in [0.1, 0.15) is 6.42 Å². The zero-order valence-corrected chi connectivity index (χ0v) is 6.54. The first-order valence-corrected chi connectivity index (χ1v) is 3.78. The van der Waals surface area contributed by atoms with Crippen molar-refractivity contribution in [2.75, 3.05) is 12.4 Å². The quantitative estimate of drug-likeness (QED) is 0.600. The number of aliphatic carboxylic acids is 1. The van der Waals surface area contributed by atoms with Crippen LogP contribution in [-0.2, 0) is 9.59 Å². The number of carbonyl (C=O) groups excluding carboxylic acids is 1. The van der Waals surface area contributed by atoms with E-state index in [1.807, 2.05) is 0 Å². The van der Waals surface area contributed by atoms with Crippen LogP contribution in [0.4, 0.5) is 0 Å². The number of carboxylic acid groups (broad SMARTS) is 1. The summed E-state index contributed by atoms with van der Waals surface area (Å²) < 4.78 is 0. The minimum atomic E-state index is -0.949. The van der Waals surface area contributed by atoms with Gasteiger partial charge in [-0.2, -0.15) is 0 Å².